The van der Waals surface area contributed by atoms with Crippen molar-refractivity contribution in [2.75, 3.05) is 7.05 Å². The summed E-state index contributed by atoms with van der Waals surface area (Å²) >= 11 is 0. The van der Waals surface area contributed by atoms with Crippen LogP contribution in [0.5, 0.6) is 0 Å². The molecule has 3 atom stereocenters. The highest BCUT2D eigenvalue weighted by atomic mass is 19.1. The predicted octanol–water partition coefficient (Wildman–Crippen LogP) is 3.54. The van der Waals surface area contributed by atoms with Gasteiger partial charge in [-0.1, -0.05) is 49.6 Å². The normalized spacial score (nSPS) is 16.5. The molecule has 1 saturated carbocycles. The minimum Gasteiger partial charge on any atom is -0.378 e. The summed E-state index contributed by atoms with van der Waals surface area (Å²) in [5.41, 5.74) is 0.417. The monoisotopic (exact) mass is 501 g/mol. The van der Waals surface area contributed by atoms with E-state index in [1.54, 1.807) is 43.1 Å². The first kappa shape index (κ1) is 27.3. The standard InChI is InChI=1S/C27H33F2N3O4/c1-17(30-26(35)25(34)19-14-20(28)16-21(29)15-19)13-23(33)31-24(18-9-5-3-6-10-18)27(36)32(2)22-11-7-4-8-12-22/h3,5-6,9-10,14-17,22,24-25,34H,4,7-8,11-13H2,1-2H3,(H,30,35)(H,31,33)/t17-,24+,25+/m1/s1. The molecule has 2 aromatic rings. The van der Waals surface area contributed by atoms with Gasteiger partial charge in [0.25, 0.3) is 5.91 Å². The number of carbonyl (C=O) groups is 3. The molecule has 3 amide bonds. The van der Waals surface area contributed by atoms with Crippen LogP contribution in [0.15, 0.2) is 48.5 Å². The molecule has 1 aliphatic carbocycles. The lowest BCUT2D eigenvalue weighted by atomic mass is 9.93. The Morgan fingerprint density at radius 2 is 1.58 bits per heavy atom. The average molecular weight is 502 g/mol. The Bertz CT molecular complexity index is 1040. The quantitative estimate of drug-likeness (QED) is 0.490. The first-order chi connectivity index (χ1) is 17.2. The molecule has 0 aromatic heterocycles. The summed E-state index contributed by atoms with van der Waals surface area (Å²) in [6.45, 7) is 1.56. The molecular weight excluding hydrogens is 468 g/mol. The smallest absolute Gasteiger partial charge is 0.253 e. The van der Waals surface area contributed by atoms with E-state index in [-0.39, 0.29) is 23.9 Å². The van der Waals surface area contributed by atoms with Gasteiger partial charge >= 0.3 is 0 Å². The fraction of sp³-hybridized carbons (Fsp3) is 0.444. The molecule has 36 heavy (non-hydrogen) atoms. The highest BCUT2D eigenvalue weighted by Gasteiger charge is 2.31. The Morgan fingerprint density at radius 3 is 2.19 bits per heavy atom. The summed E-state index contributed by atoms with van der Waals surface area (Å²) in [7, 11) is 1.76. The Labute approximate surface area is 209 Å². The van der Waals surface area contributed by atoms with Crippen LogP contribution in [-0.2, 0) is 14.4 Å². The highest BCUT2D eigenvalue weighted by Crippen LogP contribution is 2.25. The molecule has 0 radical (unpaired) electrons. The number of hydrogen-bond donors (Lipinski definition) is 3. The van der Waals surface area contributed by atoms with Gasteiger partial charge in [-0.2, -0.15) is 0 Å². The number of nitrogens with zero attached hydrogens (tertiary/aromatic N) is 1. The summed E-state index contributed by atoms with van der Waals surface area (Å²) in [4.78, 5) is 40.3. The Hall–Kier alpha value is -3.33. The summed E-state index contributed by atoms with van der Waals surface area (Å²) in [6.07, 6.45) is 3.18. The summed E-state index contributed by atoms with van der Waals surface area (Å²) < 4.78 is 26.8. The van der Waals surface area contributed by atoms with Gasteiger partial charge in [0.1, 0.15) is 17.7 Å². The average Bonchev–Trinajstić information content (AvgIpc) is 2.86. The van der Waals surface area contributed by atoms with Gasteiger partial charge in [0.15, 0.2) is 6.10 Å². The molecule has 1 fully saturated rings. The maximum Gasteiger partial charge on any atom is 0.253 e. The zero-order chi connectivity index (χ0) is 26.2. The number of aliphatic hydroxyl groups is 1. The second kappa shape index (κ2) is 12.6. The van der Waals surface area contributed by atoms with Gasteiger partial charge in [0, 0.05) is 31.6 Å². The van der Waals surface area contributed by atoms with E-state index in [0.717, 1.165) is 44.2 Å². The van der Waals surface area contributed by atoms with Gasteiger partial charge < -0.3 is 20.6 Å². The van der Waals surface area contributed by atoms with Crippen LogP contribution in [-0.4, -0.2) is 46.9 Å². The summed E-state index contributed by atoms with van der Waals surface area (Å²) in [5.74, 6) is -3.40. The molecule has 0 spiro atoms. The van der Waals surface area contributed by atoms with Crippen LogP contribution < -0.4 is 10.6 Å². The fourth-order valence-electron chi connectivity index (χ4n) is 4.54. The lowest BCUT2D eigenvalue weighted by molar-refractivity contribution is -0.138. The zero-order valence-corrected chi connectivity index (χ0v) is 20.5. The van der Waals surface area contributed by atoms with Crippen molar-refractivity contribution in [1.82, 2.24) is 15.5 Å². The van der Waals surface area contributed by atoms with E-state index < -0.39 is 41.6 Å². The molecule has 0 saturated heterocycles. The third kappa shape index (κ3) is 7.34. The van der Waals surface area contributed by atoms with Crippen molar-refractivity contribution in [2.24, 2.45) is 0 Å². The molecule has 0 heterocycles. The molecule has 194 valence electrons. The van der Waals surface area contributed by atoms with Crippen molar-refractivity contribution in [3.05, 3.63) is 71.3 Å². The molecule has 7 nitrogen and oxygen atoms in total. The number of carbonyl (C=O) groups excluding carboxylic acids is 3. The topological polar surface area (TPSA) is 98.7 Å². The number of amides is 3. The number of hydrogen-bond acceptors (Lipinski definition) is 4. The molecule has 9 heteroatoms. The van der Waals surface area contributed by atoms with Gasteiger partial charge in [0.05, 0.1) is 0 Å². The van der Waals surface area contributed by atoms with Crippen LogP contribution in [0.4, 0.5) is 8.78 Å². The van der Waals surface area contributed by atoms with E-state index in [2.05, 4.69) is 10.6 Å². The van der Waals surface area contributed by atoms with Gasteiger partial charge in [0.2, 0.25) is 11.8 Å². The van der Waals surface area contributed by atoms with Crippen molar-refractivity contribution >= 4 is 17.7 Å². The third-order valence-electron chi connectivity index (χ3n) is 6.48. The lowest BCUT2D eigenvalue weighted by Gasteiger charge is -2.34. The number of nitrogens with one attached hydrogen (secondary N) is 2. The first-order valence-corrected chi connectivity index (χ1v) is 12.2. The molecule has 2 aromatic carbocycles. The summed E-state index contributed by atoms with van der Waals surface area (Å²) in [6, 6.07) is 9.86. The van der Waals surface area contributed by atoms with Crippen LogP contribution >= 0.6 is 0 Å². The van der Waals surface area contributed by atoms with Crippen LogP contribution in [0.1, 0.15) is 68.7 Å². The number of rotatable bonds is 9. The summed E-state index contributed by atoms with van der Waals surface area (Å²) in [5, 5.41) is 15.4. The Kier molecular flexibility index (Phi) is 9.52. The van der Waals surface area contributed by atoms with E-state index in [0.29, 0.717) is 11.6 Å². The Morgan fingerprint density at radius 1 is 0.972 bits per heavy atom. The second-order valence-corrected chi connectivity index (χ2v) is 9.37. The van der Waals surface area contributed by atoms with E-state index in [4.69, 9.17) is 0 Å². The van der Waals surface area contributed by atoms with Crippen molar-refractivity contribution in [3.63, 3.8) is 0 Å². The van der Waals surface area contributed by atoms with Crippen molar-refractivity contribution < 1.29 is 28.3 Å². The number of likely N-dealkylation sites (N-methyl/N-ethyl adjacent to an activating group) is 1. The minimum absolute atomic E-state index is 0.127. The first-order valence-electron chi connectivity index (χ1n) is 12.2. The molecule has 0 unspecified atom stereocenters. The van der Waals surface area contributed by atoms with Gasteiger partial charge in [-0.25, -0.2) is 8.78 Å². The molecular formula is C27H33F2N3O4. The van der Waals surface area contributed by atoms with Crippen molar-refractivity contribution in [1.29, 1.82) is 0 Å². The van der Waals surface area contributed by atoms with Crippen LogP contribution in [0.25, 0.3) is 0 Å². The van der Waals surface area contributed by atoms with Crippen LogP contribution in [0.2, 0.25) is 0 Å². The van der Waals surface area contributed by atoms with Gasteiger partial charge in [-0.3, -0.25) is 14.4 Å². The molecule has 3 rings (SSSR count). The fourth-order valence-corrected chi connectivity index (χ4v) is 4.54. The largest absolute Gasteiger partial charge is 0.378 e. The van der Waals surface area contributed by atoms with Gasteiger partial charge in [-0.05, 0) is 43.0 Å². The third-order valence-corrected chi connectivity index (χ3v) is 6.48. The Balaban J connectivity index is 1.63. The minimum atomic E-state index is -1.80. The van der Waals surface area contributed by atoms with Crippen LogP contribution in [0, 0.1) is 11.6 Å². The maximum atomic E-state index is 13.4. The number of benzene rings is 2. The lowest BCUT2D eigenvalue weighted by Crippen LogP contribution is -2.47. The van der Waals surface area contributed by atoms with E-state index >= 15 is 0 Å². The number of aliphatic hydroxyl groups excluding tert-OH is 1. The zero-order valence-electron chi connectivity index (χ0n) is 20.5. The van der Waals surface area contributed by atoms with Crippen molar-refractivity contribution in [3.8, 4) is 0 Å². The van der Waals surface area contributed by atoms with Crippen LogP contribution in [0.3, 0.4) is 0 Å². The molecule has 0 aliphatic heterocycles. The molecule has 3 N–H and O–H groups in total. The SMILES string of the molecule is C[C@H](CC(=O)N[C@H](C(=O)N(C)C1CCCCC1)c1ccccc1)NC(=O)[C@@H](O)c1cc(F)cc(F)c1. The molecule has 0 bridgehead atoms. The predicted molar refractivity (Wildman–Crippen MR) is 131 cm³/mol. The van der Waals surface area contributed by atoms with E-state index in [9.17, 15) is 28.3 Å². The second-order valence-electron chi connectivity index (χ2n) is 9.37. The van der Waals surface area contributed by atoms with E-state index in [1.807, 2.05) is 6.07 Å². The van der Waals surface area contributed by atoms with Crippen molar-refractivity contribution in [2.45, 2.75) is 69.7 Å². The maximum absolute atomic E-state index is 13.4. The molecule has 1 aliphatic rings. The van der Waals surface area contributed by atoms with Gasteiger partial charge in [-0.15, -0.1) is 0 Å². The van der Waals surface area contributed by atoms with E-state index in [1.165, 1.54) is 0 Å². The number of halogens is 2. The highest BCUT2D eigenvalue weighted by molar-refractivity contribution is 5.89.